The molecule has 0 amide bonds. The maximum absolute atomic E-state index is 14.5. The zero-order chi connectivity index (χ0) is 15.1. The molecular formula is C15H18BrClFNO. The molecule has 2 nitrogen and oxygen atoms in total. The summed E-state index contributed by atoms with van der Waals surface area (Å²) in [7, 11) is 0. The maximum atomic E-state index is 14.5. The minimum atomic E-state index is -0.415. The monoisotopic (exact) mass is 361 g/mol. The van der Waals surface area contributed by atoms with E-state index in [-0.39, 0.29) is 10.4 Å². The van der Waals surface area contributed by atoms with Crippen molar-refractivity contribution in [1.82, 2.24) is 5.32 Å². The topological polar surface area (TPSA) is 25.2 Å². The highest BCUT2D eigenvalue weighted by molar-refractivity contribution is 9.10. The molecule has 1 heterocycles. The number of fused-ring (bicyclic) bond motifs is 1. The molecule has 0 aliphatic heterocycles. The lowest BCUT2D eigenvalue weighted by atomic mass is 9.84. The van der Waals surface area contributed by atoms with Gasteiger partial charge in [-0.25, -0.2) is 4.39 Å². The van der Waals surface area contributed by atoms with Gasteiger partial charge < -0.3 is 9.73 Å². The number of nitrogens with one attached hydrogen (secondary N) is 1. The van der Waals surface area contributed by atoms with Crippen molar-refractivity contribution in [3.8, 4) is 0 Å². The summed E-state index contributed by atoms with van der Waals surface area (Å²) in [6.07, 6.45) is 0. The van der Waals surface area contributed by atoms with Crippen molar-refractivity contribution in [2.75, 3.05) is 6.54 Å². The van der Waals surface area contributed by atoms with Gasteiger partial charge in [0.15, 0.2) is 11.4 Å². The molecule has 0 radical (unpaired) electrons. The quantitative estimate of drug-likeness (QED) is 0.740. The van der Waals surface area contributed by atoms with E-state index in [4.69, 9.17) is 16.0 Å². The summed E-state index contributed by atoms with van der Waals surface area (Å²) in [5.41, 5.74) is 1.15. The predicted molar refractivity (Wildman–Crippen MR) is 85.0 cm³/mol. The van der Waals surface area contributed by atoms with E-state index in [1.54, 1.807) is 0 Å². The molecule has 2 rings (SSSR count). The molecule has 0 saturated heterocycles. The Morgan fingerprint density at radius 3 is 2.60 bits per heavy atom. The van der Waals surface area contributed by atoms with Crippen LogP contribution in [0.15, 0.2) is 15.0 Å². The molecule has 0 spiro atoms. The van der Waals surface area contributed by atoms with Crippen LogP contribution in [0, 0.1) is 5.82 Å². The lowest BCUT2D eigenvalue weighted by Gasteiger charge is -2.19. The molecular weight excluding hydrogens is 345 g/mol. The van der Waals surface area contributed by atoms with Gasteiger partial charge in [-0.3, -0.25) is 0 Å². The smallest absolute Gasteiger partial charge is 0.153 e. The average Bonchev–Trinajstić information content (AvgIpc) is 2.73. The number of benzene rings is 1. The molecule has 1 aromatic carbocycles. The Kier molecular flexibility index (Phi) is 4.47. The lowest BCUT2D eigenvalue weighted by molar-refractivity contribution is 0.486. The molecule has 1 N–H and O–H groups in total. The van der Waals surface area contributed by atoms with Crippen LogP contribution < -0.4 is 5.32 Å². The largest absolute Gasteiger partial charge is 0.458 e. The first kappa shape index (κ1) is 15.8. The van der Waals surface area contributed by atoms with Crippen molar-refractivity contribution < 1.29 is 8.81 Å². The van der Waals surface area contributed by atoms with E-state index in [1.807, 2.05) is 27.7 Å². The number of furan rings is 1. The van der Waals surface area contributed by atoms with Crippen LogP contribution in [0.4, 0.5) is 4.39 Å². The Labute approximate surface area is 131 Å². The third-order valence-corrected chi connectivity index (χ3v) is 4.03. The van der Waals surface area contributed by atoms with Gasteiger partial charge in [0.05, 0.1) is 21.4 Å². The van der Waals surface area contributed by atoms with Crippen LogP contribution >= 0.6 is 27.5 Å². The molecule has 2 aromatic rings. The molecule has 1 aromatic heterocycles. The van der Waals surface area contributed by atoms with Gasteiger partial charge in [-0.05, 0) is 34.0 Å². The zero-order valence-corrected chi connectivity index (χ0v) is 14.4. The summed E-state index contributed by atoms with van der Waals surface area (Å²) in [4.78, 5) is 0. The first-order valence-corrected chi connectivity index (χ1v) is 7.74. The second-order valence-corrected chi connectivity index (χ2v) is 7.05. The Bertz CT molecular complexity index is 646. The number of hydrogen-bond donors (Lipinski definition) is 1. The Morgan fingerprint density at radius 1 is 1.40 bits per heavy atom. The van der Waals surface area contributed by atoms with Gasteiger partial charge in [0.2, 0.25) is 0 Å². The highest BCUT2D eigenvalue weighted by Crippen LogP contribution is 2.42. The Hall–Kier alpha value is -0.580. The minimum absolute atomic E-state index is 0.102. The van der Waals surface area contributed by atoms with Gasteiger partial charge >= 0.3 is 0 Å². The van der Waals surface area contributed by atoms with Crippen LogP contribution in [-0.4, -0.2) is 6.54 Å². The van der Waals surface area contributed by atoms with Crippen molar-refractivity contribution >= 4 is 38.5 Å². The van der Waals surface area contributed by atoms with Crippen molar-refractivity contribution in [1.29, 1.82) is 0 Å². The van der Waals surface area contributed by atoms with E-state index in [0.29, 0.717) is 22.0 Å². The molecule has 5 heteroatoms. The zero-order valence-electron chi connectivity index (χ0n) is 12.0. The fraction of sp³-hybridized carbons (Fsp3) is 0.467. The fourth-order valence-electron chi connectivity index (χ4n) is 2.37. The van der Waals surface area contributed by atoms with Crippen molar-refractivity contribution in [3.05, 3.63) is 32.7 Å². The number of halogens is 3. The molecule has 0 bridgehead atoms. The number of hydrogen-bond acceptors (Lipinski definition) is 2. The minimum Gasteiger partial charge on any atom is -0.458 e. The summed E-state index contributed by atoms with van der Waals surface area (Å²) in [6.45, 7) is 9.54. The van der Waals surface area contributed by atoms with Crippen LogP contribution in [0.1, 0.15) is 39.0 Å². The average molecular weight is 363 g/mol. The summed E-state index contributed by atoms with van der Waals surface area (Å²) in [5, 5.41) is 3.81. The predicted octanol–water partition coefficient (Wildman–Crippen LogP) is 5.39. The van der Waals surface area contributed by atoms with Crippen LogP contribution in [0.25, 0.3) is 11.0 Å². The standard InChI is InChI=1S/C15H18BrClFNO/c1-5-19-7-10-12(15(2,3)4)11-13(18)9(17)6-8(16)14(11)20-10/h6,19H,5,7H2,1-4H3. The molecule has 110 valence electrons. The van der Waals surface area contributed by atoms with Crippen LogP contribution in [-0.2, 0) is 12.0 Å². The Balaban J connectivity index is 2.81. The molecule has 0 fully saturated rings. The van der Waals surface area contributed by atoms with E-state index >= 15 is 0 Å². The SMILES string of the molecule is CCNCc1oc2c(Br)cc(Cl)c(F)c2c1C(C)(C)C. The maximum Gasteiger partial charge on any atom is 0.153 e. The molecule has 0 aliphatic rings. The summed E-state index contributed by atoms with van der Waals surface area (Å²) in [5.74, 6) is 0.345. The van der Waals surface area contributed by atoms with Gasteiger partial charge in [-0.2, -0.15) is 0 Å². The highest BCUT2D eigenvalue weighted by atomic mass is 79.9. The first-order valence-electron chi connectivity index (χ1n) is 6.57. The van der Waals surface area contributed by atoms with Gasteiger partial charge in [-0.1, -0.05) is 39.3 Å². The first-order chi connectivity index (χ1) is 9.27. The Morgan fingerprint density at radius 2 is 2.05 bits per heavy atom. The summed E-state index contributed by atoms with van der Waals surface area (Å²) in [6, 6.07) is 1.53. The molecule has 20 heavy (non-hydrogen) atoms. The molecule has 0 unspecified atom stereocenters. The number of rotatable bonds is 3. The summed E-state index contributed by atoms with van der Waals surface area (Å²) >= 11 is 9.37. The van der Waals surface area contributed by atoms with Gasteiger partial charge in [0.1, 0.15) is 5.76 Å². The molecule has 0 atom stereocenters. The van der Waals surface area contributed by atoms with Crippen molar-refractivity contribution in [2.24, 2.45) is 0 Å². The third-order valence-electron chi connectivity index (χ3n) is 3.17. The van der Waals surface area contributed by atoms with Crippen LogP contribution in [0.2, 0.25) is 5.02 Å². The normalized spacial score (nSPS) is 12.3. The van der Waals surface area contributed by atoms with E-state index in [2.05, 4.69) is 21.2 Å². The van der Waals surface area contributed by atoms with E-state index in [0.717, 1.165) is 17.9 Å². The highest BCUT2D eigenvalue weighted by Gasteiger charge is 2.29. The van der Waals surface area contributed by atoms with Gasteiger partial charge in [0.25, 0.3) is 0 Å². The van der Waals surface area contributed by atoms with Crippen molar-refractivity contribution in [3.63, 3.8) is 0 Å². The van der Waals surface area contributed by atoms with Crippen LogP contribution in [0.3, 0.4) is 0 Å². The third kappa shape index (κ3) is 2.74. The second kappa shape index (κ2) is 5.66. The van der Waals surface area contributed by atoms with E-state index in [9.17, 15) is 4.39 Å². The lowest BCUT2D eigenvalue weighted by Crippen LogP contribution is -2.18. The fourth-order valence-corrected chi connectivity index (χ4v) is 3.22. The van der Waals surface area contributed by atoms with Crippen LogP contribution in [0.5, 0.6) is 0 Å². The molecule has 0 saturated carbocycles. The second-order valence-electron chi connectivity index (χ2n) is 5.79. The molecule has 0 aliphatic carbocycles. The summed E-state index contributed by atoms with van der Waals surface area (Å²) < 4.78 is 21.0. The van der Waals surface area contributed by atoms with Crippen molar-refractivity contribution in [2.45, 2.75) is 39.7 Å². The van der Waals surface area contributed by atoms with Gasteiger partial charge in [-0.15, -0.1) is 0 Å². The van der Waals surface area contributed by atoms with Gasteiger partial charge in [0, 0.05) is 5.56 Å². The van der Waals surface area contributed by atoms with E-state index in [1.165, 1.54) is 6.07 Å². The van der Waals surface area contributed by atoms with E-state index < -0.39 is 5.82 Å².